The van der Waals surface area contributed by atoms with Crippen molar-refractivity contribution in [2.45, 2.75) is 0 Å². The fourth-order valence-corrected chi connectivity index (χ4v) is 8.08. The van der Waals surface area contributed by atoms with Gasteiger partial charge in [0.1, 0.15) is 11.2 Å². The Labute approximate surface area is 317 Å². The quantitative estimate of drug-likeness (QED) is 0.168. The summed E-state index contributed by atoms with van der Waals surface area (Å²) in [5, 5.41) is 9.68. The van der Waals surface area contributed by atoms with Crippen molar-refractivity contribution < 1.29 is 4.42 Å². The third-order valence-corrected chi connectivity index (χ3v) is 10.7. The Morgan fingerprint density at radius 1 is 0.291 bits per heavy atom. The van der Waals surface area contributed by atoms with E-state index in [0.29, 0.717) is 17.5 Å². The molecule has 256 valence electrons. The maximum Gasteiger partial charge on any atom is 0.164 e. The highest BCUT2D eigenvalue weighted by Crippen LogP contribution is 2.42. The Bertz CT molecular complexity index is 3180. The molecule has 0 unspecified atom stereocenters. The molecule has 2 heterocycles. The minimum atomic E-state index is 0.641. The summed E-state index contributed by atoms with van der Waals surface area (Å²) in [6, 6.07) is 65.9. The molecule has 0 N–H and O–H groups in total. The maximum atomic E-state index is 6.32. The Balaban J connectivity index is 1.01. The third kappa shape index (κ3) is 5.26. The lowest BCUT2D eigenvalue weighted by atomic mass is 9.90. The average molecular weight is 702 g/mol. The van der Waals surface area contributed by atoms with Crippen LogP contribution in [0.25, 0.3) is 111 Å². The first-order valence-corrected chi connectivity index (χ1v) is 18.5. The van der Waals surface area contributed by atoms with Gasteiger partial charge in [-0.05, 0) is 67.4 Å². The van der Waals surface area contributed by atoms with Crippen LogP contribution in [0.3, 0.4) is 0 Å². The molecular formula is C51H31N3O. The molecule has 0 aliphatic carbocycles. The van der Waals surface area contributed by atoms with Crippen LogP contribution >= 0.6 is 0 Å². The third-order valence-electron chi connectivity index (χ3n) is 10.7. The highest BCUT2D eigenvalue weighted by Gasteiger charge is 2.17. The van der Waals surface area contributed by atoms with E-state index in [1.165, 1.54) is 48.8 Å². The summed E-state index contributed by atoms with van der Waals surface area (Å²) in [5.41, 5.74) is 9.30. The summed E-state index contributed by atoms with van der Waals surface area (Å²) in [4.78, 5) is 14.7. The lowest BCUT2D eigenvalue weighted by Gasteiger charge is -2.14. The van der Waals surface area contributed by atoms with E-state index < -0.39 is 0 Å². The minimum Gasteiger partial charge on any atom is -0.456 e. The van der Waals surface area contributed by atoms with Gasteiger partial charge in [-0.2, -0.15) is 0 Å². The highest BCUT2D eigenvalue weighted by atomic mass is 16.3. The SMILES string of the molecule is c1ccc(-c2nc(-c3ccccc3)nc(-c3ccc(-c4ccccc4-c4ccc5c(ccc6ccc7ccc8oc9ccccc9c8c7c65)c4)cc3)n2)cc1. The molecule has 4 heteroatoms. The summed E-state index contributed by atoms with van der Waals surface area (Å²) < 4.78 is 6.32. The van der Waals surface area contributed by atoms with E-state index in [0.717, 1.165) is 44.4 Å². The summed E-state index contributed by atoms with van der Waals surface area (Å²) in [7, 11) is 0. The first-order valence-electron chi connectivity index (χ1n) is 18.5. The van der Waals surface area contributed by atoms with Crippen LogP contribution in [0.1, 0.15) is 0 Å². The molecule has 4 nitrogen and oxygen atoms in total. The number of para-hydroxylation sites is 1. The monoisotopic (exact) mass is 701 g/mol. The van der Waals surface area contributed by atoms with Crippen LogP contribution in [0, 0.1) is 0 Å². The largest absolute Gasteiger partial charge is 0.456 e. The molecule has 2 aromatic heterocycles. The van der Waals surface area contributed by atoms with Gasteiger partial charge in [0.05, 0.1) is 0 Å². The molecular weight excluding hydrogens is 671 g/mol. The Kier molecular flexibility index (Phi) is 7.14. The first kappa shape index (κ1) is 31.1. The molecule has 0 fully saturated rings. The minimum absolute atomic E-state index is 0.641. The van der Waals surface area contributed by atoms with E-state index >= 15 is 0 Å². The second kappa shape index (κ2) is 12.6. The molecule has 0 spiro atoms. The van der Waals surface area contributed by atoms with E-state index in [2.05, 4.69) is 121 Å². The van der Waals surface area contributed by atoms with Gasteiger partial charge in [-0.1, -0.05) is 170 Å². The van der Waals surface area contributed by atoms with Gasteiger partial charge < -0.3 is 4.42 Å². The second-order valence-electron chi connectivity index (χ2n) is 14.0. The van der Waals surface area contributed by atoms with Gasteiger partial charge in [-0.3, -0.25) is 0 Å². The van der Waals surface area contributed by atoms with E-state index in [4.69, 9.17) is 19.4 Å². The Morgan fingerprint density at radius 2 is 0.782 bits per heavy atom. The summed E-state index contributed by atoms with van der Waals surface area (Å²) >= 11 is 0. The van der Waals surface area contributed by atoms with Crippen molar-refractivity contribution in [1.82, 2.24) is 15.0 Å². The number of nitrogens with zero attached hydrogens (tertiary/aromatic N) is 3. The van der Waals surface area contributed by atoms with Gasteiger partial charge in [0.2, 0.25) is 0 Å². The van der Waals surface area contributed by atoms with Gasteiger partial charge >= 0.3 is 0 Å². The van der Waals surface area contributed by atoms with E-state index in [1.807, 2.05) is 66.7 Å². The first-order chi connectivity index (χ1) is 27.2. The van der Waals surface area contributed by atoms with E-state index in [-0.39, 0.29) is 0 Å². The van der Waals surface area contributed by atoms with E-state index in [1.54, 1.807) is 0 Å². The smallest absolute Gasteiger partial charge is 0.164 e. The lowest BCUT2D eigenvalue weighted by Crippen LogP contribution is -2.00. The molecule has 55 heavy (non-hydrogen) atoms. The standard InChI is InChI=1S/C51H31N3O/c1-3-11-35(12-4-1)49-52-50(36-13-5-2-6-14-36)54-51(53-49)37-24-19-32(20-25-37)40-15-7-8-16-41(40)38-27-29-42-39(31-38)26-23-33-21-22-34-28-30-45-48(47(34)46(33)42)43-17-9-10-18-44(43)55-45/h1-31H. The van der Waals surface area contributed by atoms with Crippen molar-refractivity contribution in [3.63, 3.8) is 0 Å². The summed E-state index contributed by atoms with van der Waals surface area (Å²) in [5.74, 6) is 1.94. The Hall–Kier alpha value is -7.43. The Morgan fingerprint density at radius 3 is 1.45 bits per heavy atom. The molecule has 0 saturated carbocycles. The van der Waals surface area contributed by atoms with Crippen molar-refractivity contribution in [3.05, 3.63) is 188 Å². The van der Waals surface area contributed by atoms with Gasteiger partial charge in [0, 0.05) is 32.8 Å². The molecule has 0 aliphatic rings. The zero-order valence-corrected chi connectivity index (χ0v) is 29.6. The number of fused-ring (bicyclic) bond motifs is 9. The molecule has 0 bridgehead atoms. The van der Waals surface area contributed by atoms with Crippen molar-refractivity contribution in [3.8, 4) is 56.4 Å². The predicted octanol–water partition coefficient (Wildman–Crippen LogP) is 13.6. The van der Waals surface area contributed by atoms with Crippen LogP contribution in [-0.2, 0) is 0 Å². The van der Waals surface area contributed by atoms with Crippen molar-refractivity contribution >= 4 is 54.3 Å². The van der Waals surface area contributed by atoms with Gasteiger partial charge in [-0.25, -0.2) is 15.0 Å². The molecule has 0 saturated heterocycles. The molecule has 11 rings (SSSR count). The number of benzene rings is 9. The molecule has 0 amide bonds. The number of furan rings is 1. The fraction of sp³-hybridized carbons (Fsp3) is 0. The summed E-state index contributed by atoms with van der Waals surface area (Å²) in [6.07, 6.45) is 0. The topological polar surface area (TPSA) is 51.8 Å². The zero-order chi connectivity index (χ0) is 36.3. The number of aromatic nitrogens is 3. The molecule has 0 aliphatic heterocycles. The molecule has 9 aromatic carbocycles. The van der Waals surface area contributed by atoms with Crippen molar-refractivity contribution in [1.29, 1.82) is 0 Å². The molecule has 11 aromatic rings. The zero-order valence-electron chi connectivity index (χ0n) is 29.6. The summed E-state index contributed by atoms with van der Waals surface area (Å²) in [6.45, 7) is 0. The van der Waals surface area contributed by atoms with E-state index in [9.17, 15) is 0 Å². The van der Waals surface area contributed by atoms with Crippen LogP contribution in [0.15, 0.2) is 192 Å². The number of hydrogen-bond acceptors (Lipinski definition) is 4. The van der Waals surface area contributed by atoms with Crippen LogP contribution < -0.4 is 0 Å². The van der Waals surface area contributed by atoms with Gasteiger partial charge in [-0.15, -0.1) is 0 Å². The van der Waals surface area contributed by atoms with Gasteiger partial charge in [0.15, 0.2) is 17.5 Å². The van der Waals surface area contributed by atoms with Crippen LogP contribution in [0.5, 0.6) is 0 Å². The van der Waals surface area contributed by atoms with Gasteiger partial charge in [0.25, 0.3) is 0 Å². The van der Waals surface area contributed by atoms with Crippen LogP contribution in [-0.4, -0.2) is 15.0 Å². The van der Waals surface area contributed by atoms with Crippen molar-refractivity contribution in [2.75, 3.05) is 0 Å². The molecule has 0 radical (unpaired) electrons. The fourth-order valence-electron chi connectivity index (χ4n) is 8.08. The normalized spacial score (nSPS) is 11.6. The highest BCUT2D eigenvalue weighted by molar-refractivity contribution is 6.31. The number of hydrogen-bond donors (Lipinski definition) is 0. The second-order valence-corrected chi connectivity index (χ2v) is 14.0. The van der Waals surface area contributed by atoms with Crippen molar-refractivity contribution in [2.24, 2.45) is 0 Å². The van der Waals surface area contributed by atoms with Crippen LogP contribution in [0.2, 0.25) is 0 Å². The molecule has 0 atom stereocenters. The lowest BCUT2D eigenvalue weighted by molar-refractivity contribution is 0.669. The van der Waals surface area contributed by atoms with Crippen LogP contribution in [0.4, 0.5) is 0 Å². The number of rotatable bonds is 5. The average Bonchev–Trinajstić information content (AvgIpc) is 3.65. The maximum absolute atomic E-state index is 6.32. The predicted molar refractivity (Wildman–Crippen MR) is 227 cm³/mol.